The molecule has 6 nitrogen and oxygen atoms in total. The zero-order chi connectivity index (χ0) is 13.9. The molecule has 1 aromatic rings. The number of methoxy groups -OCH3 is 1. The van der Waals surface area contributed by atoms with E-state index in [1.165, 1.54) is 20.1 Å². The van der Waals surface area contributed by atoms with Crippen LogP contribution in [0.5, 0.6) is 0 Å². The average molecular weight is 321 g/mol. The Bertz CT molecular complexity index is 495. The third-order valence-electron chi connectivity index (χ3n) is 2.18. The fourth-order valence-corrected chi connectivity index (χ4v) is 1.74. The lowest BCUT2D eigenvalue weighted by Crippen LogP contribution is -2.27. The maximum Gasteiger partial charge on any atom is 0.328 e. The highest BCUT2D eigenvalue weighted by Crippen LogP contribution is 2.35. The second kappa shape index (κ2) is 5.76. The number of carbonyl (C=O) groups is 1. The summed E-state index contributed by atoms with van der Waals surface area (Å²) in [7, 11) is 1.19. The summed E-state index contributed by atoms with van der Waals surface area (Å²) >= 11 is 3.06. The smallest absolute Gasteiger partial charge is 0.328 e. The van der Waals surface area contributed by atoms with Crippen LogP contribution in [-0.4, -0.2) is 24.0 Å². The number of anilines is 1. The molecule has 0 spiro atoms. The number of nitro groups is 1. The van der Waals surface area contributed by atoms with Crippen LogP contribution in [0.4, 0.5) is 15.8 Å². The number of benzene rings is 1. The molecule has 0 saturated carbocycles. The molecule has 1 aromatic carbocycles. The van der Waals surface area contributed by atoms with Gasteiger partial charge in [0, 0.05) is 4.47 Å². The molecule has 98 valence electrons. The lowest BCUT2D eigenvalue weighted by molar-refractivity contribution is -0.386. The Labute approximate surface area is 110 Å². The van der Waals surface area contributed by atoms with E-state index in [0.29, 0.717) is 0 Å². The number of nitrogens with one attached hydrogen (secondary N) is 1. The lowest BCUT2D eigenvalue weighted by Gasteiger charge is -2.14. The van der Waals surface area contributed by atoms with Crippen LogP contribution in [0.1, 0.15) is 6.92 Å². The molecular formula is C10H10BrFN2O4. The normalized spacial score (nSPS) is 11.8. The number of carbonyl (C=O) groups excluding carboxylic acids is 1. The zero-order valence-corrected chi connectivity index (χ0v) is 11.2. The highest BCUT2D eigenvalue weighted by Gasteiger charge is 2.25. The SMILES string of the molecule is COC(=O)C(C)Nc1c(Br)ccc(F)c1[N+](=O)[O-]. The molecule has 0 bridgehead atoms. The zero-order valence-electron chi connectivity index (χ0n) is 9.57. The van der Waals surface area contributed by atoms with Crippen molar-refractivity contribution < 1.29 is 18.8 Å². The number of hydrogen-bond donors (Lipinski definition) is 1. The molecule has 18 heavy (non-hydrogen) atoms. The molecule has 0 aliphatic rings. The van der Waals surface area contributed by atoms with E-state index in [9.17, 15) is 19.3 Å². The third-order valence-corrected chi connectivity index (χ3v) is 2.84. The van der Waals surface area contributed by atoms with Gasteiger partial charge >= 0.3 is 11.7 Å². The van der Waals surface area contributed by atoms with Crippen LogP contribution in [0.25, 0.3) is 0 Å². The molecule has 0 saturated heterocycles. The summed E-state index contributed by atoms with van der Waals surface area (Å²) in [5, 5.41) is 13.4. The summed E-state index contributed by atoms with van der Waals surface area (Å²) in [6.07, 6.45) is 0. The van der Waals surface area contributed by atoms with Crippen molar-refractivity contribution in [3.63, 3.8) is 0 Å². The van der Waals surface area contributed by atoms with Gasteiger partial charge < -0.3 is 10.1 Å². The quantitative estimate of drug-likeness (QED) is 0.523. The molecule has 1 unspecified atom stereocenters. The van der Waals surface area contributed by atoms with Gasteiger partial charge in [0.15, 0.2) is 0 Å². The summed E-state index contributed by atoms with van der Waals surface area (Å²) in [6, 6.07) is 1.44. The van der Waals surface area contributed by atoms with Crippen molar-refractivity contribution >= 4 is 33.3 Å². The molecular weight excluding hydrogens is 311 g/mol. The first-order valence-electron chi connectivity index (χ1n) is 4.85. The summed E-state index contributed by atoms with van der Waals surface area (Å²) in [5.41, 5.74) is -0.821. The van der Waals surface area contributed by atoms with Crippen LogP contribution in [0.15, 0.2) is 16.6 Å². The van der Waals surface area contributed by atoms with Crippen molar-refractivity contribution in [3.8, 4) is 0 Å². The molecule has 1 N–H and O–H groups in total. The predicted molar refractivity (Wildman–Crippen MR) is 65.9 cm³/mol. The van der Waals surface area contributed by atoms with Gasteiger partial charge in [-0.05, 0) is 35.0 Å². The highest BCUT2D eigenvalue weighted by molar-refractivity contribution is 9.10. The molecule has 1 atom stereocenters. The summed E-state index contributed by atoms with van der Waals surface area (Å²) in [6.45, 7) is 1.45. The third kappa shape index (κ3) is 2.95. The Morgan fingerprint density at radius 1 is 1.61 bits per heavy atom. The molecule has 0 amide bonds. The molecule has 0 aliphatic heterocycles. The molecule has 8 heteroatoms. The van der Waals surface area contributed by atoms with Crippen LogP contribution in [0.3, 0.4) is 0 Å². The van der Waals surface area contributed by atoms with Crippen molar-refractivity contribution in [2.45, 2.75) is 13.0 Å². The van der Waals surface area contributed by atoms with E-state index in [2.05, 4.69) is 26.0 Å². The summed E-state index contributed by atoms with van der Waals surface area (Å²) in [5.74, 6) is -1.59. The fourth-order valence-electron chi connectivity index (χ4n) is 1.31. The van der Waals surface area contributed by atoms with Crippen molar-refractivity contribution in [2.75, 3.05) is 12.4 Å². The Morgan fingerprint density at radius 3 is 2.72 bits per heavy atom. The van der Waals surface area contributed by atoms with Gasteiger partial charge in [0.25, 0.3) is 0 Å². The highest BCUT2D eigenvalue weighted by atomic mass is 79.9. The van der Waals surface area contributed by atoms with Gasteiger partial charge in [-0.25, -0.2) is 4.79 Å². The van der Waals surface area contributed by atoms with E-state index in [0.717, 1.165) is 6.07 Å². The minimum Gasteiger partial charge on any atom is -0.467 e. The molecule has 0 radical (unpaired) electrons. The topological polar surface area (TPSA) is 81.5 Å². The fraction of sp³-hybridized carbons (Fsp3) is 0.300. The van der Waals surface area contributed by atoms with Gasteiger partial charge in [0.05, 0.1) is 12.0 Å². The standard InChI is InChI=1S/C10H10BrFN2O4/c1-5(10(15)18-2)13-8-6(11)3-4-7(12)9(8)14(16)17/h3-5,13H,1-2H3. The van der Waals surface area contributed by atoms with E-state index in [1.54, 1.807) is 0 Å². The maximum absolute atomic E-state index is 13.4. The second-order valence-electron chi connectivity index (χ2n) is 3.40. The van der Waals surface area contributed by atoms with Crippen molar-refractivity contribution in [1.82, 2.24) is 0 Å². The second-order valence-corrected chi connectivity index (χ2v) is 4.25. The Balaban J connectivity index is 3.19. The predicted octanol–water partition coefficient (Wildman–Crippen LogP) is 2.47. The first kappa shape index (κ1) is 14.4. The molecule has 0 aliphatic carbocycles. The Morgan fingerprint density at radius 2 is 2.22 bits per heavy atom. The van der Waals surface area contributed by atoms with E-state index in [4.69, 9.17) is 0 Å². The van der Waals surface area contributed by atoms with Gasteiger partial charge in [-0.3, -0.25) is 10.1 Å². The number of halogens is 2. The van der Waals surface area contributed by atoms with E-state index < -0.39 is 28.4 Å². The minimum atomic E-state index is -0.984. The van der Waals surface area contributed by atoms with Crippen LogP contribution in [-0.2, 0) is 9.53 Å². The van der Waals surface area contributed by atoms with E-state index in [-0.39, 0.29) is 10.2 Å². The van der Waals surface area contributed by atoms with Gasteiger partial charge in [0.1, 0.15) is 11.7 Å². The van der Waals surface area contributed by atoms with Gasteiger partial charge in [-0.15, -0.1) is 0 Å². The number of rotatable bonds is 4. The van der Waals surface area contributed by atoms with Crippen LogP contribution < -0.4 is 5.32 Å². The number of esters is 1. The molecule has 1 rings (SSSR count). The first-order chi connectivity index (χ1) is 8.38. The van der Waals surface area contributed by atoms with Crippen LogP contribution in [0.2, 0.25) is 0 Å². The van der Waals surface area contributed by atoms with Crippen molar-refractivity contribution in [2.24, 2.45) is 0 Å². The van der Waals surface area contributed by atoms with Gasteiger partial charge in [0.2, 0.25) is 5.82 Å². The van der Waals surface area contributed by atoms with Crippen molar-refractivity contribution in [1.29, 1.82) is 0 Å². The van der Waals surface area contributed by atoms with Crippen LogP contribution in [0, 0.1) is 15.9 Å². The molecule has 0 heterocycles. The molecule has 0 fully saturated rings. The van der Waals surface area contributed by atoms with E-state index >= 15 is 0 Å². The monoisotopic (exact) mass is 320 g/mol. The Hall–Kier alpha value is -1.70. The first-order valence-corrected chi connectivity index (χ1v) is 5.64. The number of nitrogens with zero attached hydrogens (tertiary/aromatic N) is 1. The lowest BCUT2D eigenvalue weighted by atomic mass is 10.2. The Kier molecular flexibility index (Phi) is 4.60. The number of hydrogen-bond acceptors (Lipinski definition) is 5. The van der Waals surface area contributed by atoms with Crippen molar-refractivity contribution in [3.05, 3.63) is 32.5 Å². The summed E-state index contributed by atoms with van der Waals surface area (Å²) in [4.78, 5) is 21.2. The minimum absolute atomic E-state index is 0.0992. The largest absolute Gasteiger partial charge is 0.467 e. The maximum atomic E-state index is 13.4. The number of nitro benzene ring substituents is 1. The summed E-state index contributed by atoms with van der Waals surface area (Å²) < 4.78 is 18.2. The van der Waals surface area contributed by atoms with E-state index in [1.807, 2.05) is 0 Å². The number of ether oxygens (including phenoxy) is 1. The average Bonchev–Trinajstić information content (AvgIpc) is 2.32. The van der Waals surface area contributed by atoms with Gasteiger partial charge in [-0.1, -0.05) is 0 Å². The van der Waals surface area contributed by atoms with Gasteiger partial charge in [-0.2, -0.15) is 4.39 Å². The molecule has 0 aromatic heterocycles. The van der Waals surface area contributed by atoms with Crippen LogP contribution >= 0.6 is 15.9 Å².